The molecule has 6 heteroatoms. The summed E-state index contributed by atoms with van der Waals surface area (Å²) in [6.07, 6.45) is 4.04. The van der Waals surface area contributed by atoms with Crippen LogP contribution in [0.25, 0.3) is 0 Å². The first-order valence-electron chi connectivity index (χ1n) is 10.1. The molecule has 2 aliphatic heterocycles. The molecule has 2 fully saturated rings. The summed E-state index contributed by atoms with van der Waals surface area (Å²) in [5, 5.41) is 2.92. The van der Waals surface area contributed by atoms with Crippen LogP contribution in [0.1, 0.15) is 28.9 Å². The number of hydrogen-bond donors (Lipinski definition) is 1. The number of piperazine rings is 1. The van der Waals surface area contributed by atoms with E-state index < -0.39 is 0 Å². The van der Waals surface area contributed by atoms with E-state index in [0.29, 0.717) is 12.2 Å². The fraction of sp³-hybridized carbons (Fsp3) is 0.455. The minimum Gasteiger partial charge on any atom is -0.376 e. The van der Waals surface area contributed by atoms with Gasteiger partial charge in [0, 0.05) is 45.0 Å². The molecule has 1 atom stereocenters. The molecule has 3 heterocycles. The van der Waals surface area contributed by atoms with Gasteiger partial charge in [-0.3, -0.25) is 4.79 Å². The van der Waals surface area contributed by atoms with Gasteiger partial charge in [-0.1, -0.05) is 12.1 Å². The quantitative estimate of drug-likeness (QED) is 0.864. The molecule has 1 unspecified atom stereocenters. The summed E-state index contributed by atoms with van der Waals surface area (Å²) in [6, 6.07) is 12.5. The Morgan fingerprint density at radius 1 is 1.14 bits per heavy atom. The number of carbonyl (C=O) groups is 1. The summed E-state index contributed by atoms with van der Waals surface area (Å²) in [5.74, 6) is -0.133. The number of ether oxygens (including phenoxy) is 1. The number of pyridine rings is 1. The van der Waals surface area contributed by atoms with Gasteiger partial charge in [0.15, 0.2) is 0 Å². The van der Waals surface area contributed by atoms with Crippen LogP contribution in [-0.2, 0) is 4.74 Å². The lowest BCUT2D eigenvalue weighted by Crippen LogP contribution is -2.46. The summed E-state index contributed by atoms with van der Waals surface area (Å²) in [5.41, 5.74) is 4.10. The summed E-state index contributed by atoms with van der Waals surface area (Å²) < 4.78 is 5.54. The third kappa shape index (κ3) is 4.44. The molecule has 2 saturated heterocycles. The fourth-order valence-electron chi connectivity index (χ4n) is 3.86. The van der Waals surface area contributed by atoms with Gasteiger partial charge in [-0.25, -0.2) is 4.98 Å². The van der Waals surface area contributed by atoms with Crippen molar-refractivity contribution in [3.8, 4) is 0 Å². The van der Waals surface area contributed by atoms with Crippen LogP contribution in [0, 0.1) is 6.92 Å². The van der Waals surface area contributed by atoms with E-state index >= 15 is 0 Å². The van der Waals surface area contributed by atoms with Crippen molar-refractivity contribution in [1.29, 1.82) is 0 Å². The maximum Gasteiger partial charge on any atom is 0.269 e. The molecule has 28 heavy (non-hydrogen) atoms. The van der Waals surface area contributed by atoms with Crippen molar-refractivity contribution in [3.05, 3.63) is 53.9 Å². The second kappa shape index (κ2) is 8.61. The Balaban J connectivity index is 1.30. The minimum absolute atomic E-state index is 0.133. The second-order valence-corrected chi connectivity index (χ2v) is 7.56. The number of anilines is 2. The Kier molecular flexibility index (Phi) is 5.76. The van der Waals surface area contributed by atoms with Gasteiger partial charge >= 0.3 is 0 Å². The Bertz CT molecular complexity index is 794. The van der Waals surface area contributed by atoms with Crippen LogP contribution in [0.5, 0.6) is 0 Å². The highest BCUT2D eigenvalue weighted by Crippen LogP contribution is 2.21. The van der Waals surface area contributed by atoms with Crippen molar-refractivity contribution in [2.45, 2.75) is 25.9 Å². The highest BCUT2D eigenvalue weighted by molar-refractivity contribution is 5.92. The smallest absolute Gasteiger partial charge is 0.269 e. The van der Waals surface area contributed by atoms with Gasteiger partial charge in [-0.05, 0) is 49.6 Å². The maximum atomic E-state index is 12.3. The van der Waals surface area contributed by atoms with Gasteiger partial charge in [0.05, 0.1) is 18.0 Å². The predicted molar refractivity (Wildman–Crippen MR) is 111 cm³/mol. The number of amides is 1. The number of nitrogens with one attached hydrogen (secondary N) is 1. The lowest BCUT2D eigenvalue weighted by Gasteiger charge is -2.37. The van der Waals surface area contributed by atoms with Crippen LogP contribution >= 0.6 is 0 Å². The molecule has 1 amide bonds. The standard InChI is InChI=1S/C22H28N4O2/c1-17-4-2-5-18(14-17)25-9-11-26(12-10-25)19-7-8-21(23-15-19)22(27)24-16-20-6-3-13-28-20/h2,4-5,7-8,14-15,20H,3,6,9-13,16H2,1H3,(H,24,27). The minimum atomic E-state index is -0.133. The lowest BCUT2D eigenvalue weighted by molar-refractivity contribution is 0.0853. The predicted octanol–water partition coefficient (Wildman–Crippen LogP) is 2.63. The molecule has 0 aliphatic carbocycles. The number of nitrogens with zero attached hydrogens (tertiary/aromatic N) is 3. The molecule has 0 bridgehead atoms. The molecule has 2 aromatic rings. The zero-order valence-electron chi connectivity index (χ0n) is 16.4. The Morgan fingerprint density at radius 3 is 2.57 bits per heavy atom. The van der Waals surface area contributed by atoms with Gasteiger partial charge in [0.25, 0.3) is 5.91 Å². The van der Waals surface area contributed by atoms with E-state index in [4.69, 9.17) is 4.74 Å². The average molecular weight is 380 g/mol. The van der Waals surface area contributed by atoms with Gasteiger partial charge in [-0.2, -0.15) is 0 Å². The Morgan fingerprint density at radius 2 is 1.93 bits per heavy atom. The second-order valence-electron chi connectivity index (χ2n) is 7.56. The molecule has 1 aromatic carbocycles. The molecule has 1 N–H and O–H groups in total. The molecule has 2 aliphatic rings. The highest BCUT2D eigenvalue weighted by Gasteiger charge is 2.19. The summed E-state index contributed by atoms with van der Waals surface area (Å²) in [6.45, 7) is 7.33. The van der Waals surface area contributed by atoms with E-state index in [2.05, 4.69) is 51.3 Å². The van der Waals surface area contributed by atoms with Crippen LogP contribution in [0.4, 0.5) is 11.4 Å². The van der Waals surface area contributed by atoms with Crippen LogP contribution in [0.3, 0.4) is 0 Å². The largest absolute Gasteiger partial charge is 0.376 e. The van der Waals surface area contributed by atoms with E-state index in [1.54, 1.807) is 0 Å². The number of hydrogen-bond acceptors (Lipinski definition) is 5. The maximum absolute atomic E-state index is 12.3. The van der Waals surface area contributed by atoms with Crippen molar-refractivity contribution in [2.24, 2.45) is 0 Å². The van der Waals surface area contributed by atoms with E-state index in [9.17, 15) is 4.79 Å². The molecular formula is C22H28N4O2. The number of benzene rings is 1. The third-order valence-corrected chi connectivity index (χ3v) is 5.51. The highest BCUT2D eigenvalue weighted by atomic mass is 16.5. The zero-order chi connectivity index (χ0) is 19.3. The number of carbonyl (C=O) groups excluding carboxylic acids is 1. The van der Waals surface area contributed by atoms with E-state index in [-0.39, 0.29) is 12.0 Å². The van der Waals surface area contributed by atoms with Gasteiger partial charge in [0.2, 0.25) is 0 Å². The first-order chi connectivity index (χ1) is 13.7. The first-order valence-corrected chi connectivity index (χ1v) is 10.1. The molecule has 148 valence electrons. The molecular weight excluding hydrogens is 352 g/mol. The lowest BCUT2D eigenvalue weighted by atomic mass is 10.2. The molecule has 0 radical (unpaired) electrons. The Hall–Kier alpha value is -2.60. The van der Waals surface area contributed by atoms with Crippen LogP contribution in [0.15, 0.2) is 42.6 Å². The van der Waals surface area contributed by atoms with Gasteiger partial charge < -0.3 is 19.9 Å². The van der Waals surface area contributed by atoms with Crippen LogP contribution < -0.4 is 15.1 Å². The van der Waals surface area contributed by atoms with Crippen LogP contribution in [0.2, 0.25) is 0 Å². The summed E-state index contributed by atoms with van der Waals surface area (Å²) in [4.78, 5) is 21.4. The average Bonchev–Trinajstić information content (AvgIpc) is 3.26. The summed E-state index contributed by atoms with van der Waals surface area (Å²) >= 11 is 0. The van der Waals surface area contributed by atoms with E-state index in [0.717, 1.165) is 51.3 Å². The van der Waals surface area contributed by atoms with Crippen molar-refractivity contribution < 1.29 is 9.53 Å². The van der Waals surface area contributed by atoms with Crippen molar-refractivity contribution in [1.82, 2.24) is 10.3 Å². The first kappa shape index (κ1) is 18.7. The van der Waals surface area contributed by atoms with Crippen molar-refractivity contribution in [3.63, 3.8) is 0 Å². The monoisotopic (exact) mass is 380 g/mol. The third-order valence-electron chi connectivity index (χ3n) is 5.51. The summed E-state index contributed by atoms with van der Waals surface area (Å²) in [7, 11) is 0. The zero-order valence-corrected chi connectivity index (χ0v) is 16.4. The number of rotatable bonds is 5. The number of aromatic nitrogens is 1. The SMILES string of the molecule is Cc1cccc(N2CCN(c3ccc(C(=O)NCC4CCCO4)nc3)CC2)c1. The van der Waals surface area contributed by atoms with Gasteiger partial charge in [-0.15, -0.1) is 0 Å². The van der Waals surface area contributed by atoms with Gasteiger partial charge in [0.1, 0.15) is 5.69 Å². The van der Waals surface area contributed by atoms with Crippen molar-refractivity contribution in [2.75, 3.05) is 49.1 Å². The van der Waals surface area contributed by atoms with E-state index in [1.807, 2.05) is 18.3 Å². The van der Waals surface area contributed by atoms with Crippen molar-refractivity contribution >= 4 is 17.3 Å². The Labute approximate surface area is 166 Å². The topological polar surface area (TPSA) is 57.7 Å². The molecule has 4 rings (SSSR count). The molecule has 6 nitrogen and oxygen atoms in total. The van der Waals surface area contributed by atoms with E-state index in [1.165, 1.54) is 11.3 Å². The number of aryl methyl sites for hydroxylation is 1. The molecule has 0 saturated carbocycles. The van der Waals surface area contributed by atoms with Crippen LogP contribution in [-0.4, -0.2) is 56.3 Å². The molecule has 1 aromatic heterocycles. The fourth-order valence-corrected chi connectivity index (χ4v) is 3.86. The normalized spacial score (nSPS) is 19.7. The molecule has 0 spiro atoms.